The highest BCUT2D eigenvalue weighted by Gasteiger charge is 2.57. The molecular formula is C22H30ClN3O3. The van der Waals surface area contributed by atoms with Gasteiger partial charge in [0, 0.05) is 37.8 Å². The normalized spacial score (nSPS) is 27.8. The molecule has 7 heteroatoms. The second-order valence-corrected chi connectivity index (χ2v) is 8.98. The molecule has 3 fully saturated rings. The van der Waals surface area contributed by atoms with Gasteiger partial charge in [0.25, 0.3) is 5.91 Å². The Morgan fingerprint density at radius 2 is 1.86 bits per heavy atom. The molecule has 0 saturated carbocycles. The van der Waals surface area contributed by atoms with E-state index >= 15 is 0 Å². The molecule has 3 saturated heterocycles. The zero-order valence-electron chi connectivity index (χ0n) is 17.3. The molecule has 158 valence electrons. The molecule has 4 rings (SSSR count). The van der Waals surface area contributed by atoms with E-state index in [0.29, 0.717) is 42.1 Å². The summed E-state index contributed by atoms with van der Waals surface area (Å²) in [6, 6.07) is 6.71. The van der Waals surface area contributed by atoms with Gasteiger partial charge in [0.15, 0.2) is 0 Å². The number of hydrogen-bond acceptors (Lipinski definition) is 4. The average molecular weight is 420 g/mol. The predicted octanol–water partition coefficient (Wildman–Crippen LogP) is 3.78. The molecule has 2 atom stereocenters. The first-order valence-corrected chi connectivity index (χ1v) is 11.1. The van der Waals surface area contributed by atoms with Crippen LogP contribution in [0, 0.1) is 5.92 Å². The summed E-state index contributed by atoms with van der Waals surface area (Å²) in [7, 11) is 0. The van der Waals surface area contributed by atoms with Crippen molar-refractivity contribution in [3.8, 4) is 0 Å². The number of likely N-dealkylation sites (tertiary alicyclic amines) is 1. The first-order chi connectivity index (χ1) is 13.9. The summed E-state index contributed by atoms with van der Waals surface area (Å²) in [5, 5.41) is 0.589. The summed E-state index contributed by atoms with van der Waals surface area (Å²) in [5.41, 5.74) is -0.122. The van der Waals surface area contributed by atoms with Crippen LogP contribution in [0.3, 0.4) is 0 Å². The standard InChI is InChI=1S/C22H30ClN3O3/c1-3-25-21(28)26(19-6-4-18(23)5-7-19)20(27)22(25)9-11-24(12-10-22)15-17-8-13-29-16(2)14-17/h4-7,16-17H,3,8-15H2,1-2H3/t16-,17-/m0/s1. The third-order valence-electron chi connectivity index (χ3n) is 6.73. The summed E-state index contributed by atoms with van der Waals surface area (Å²) >= 11 is 5.98. The number of imide groups is 1. The lowest BCUT2D eigenvalue weighted by Gasteiger charge is -2.43. The molecular weight excluding hydrogens is 390 g/mol. The molecule has 1 spiro atoms. The smallest absolute Gasteiger partial charge is 0.332 e. The molecule has 0 bridgehead atoms. The monoisotopic (exact) mass is 419 g/mol. The van der Waals surface area contributed by atoms with E-state index in [1.807, 2.05) is 6.92 Å². The van der Waals surface area contributed by atoms with Crippen molar-refractivity contribution in [1.82, 2.24) is 9.80 Å². The minimum absolute atomic E-state index is 0.0917. The summed E-state index contributed by atoms with van der Waals surface area (Å²) in [6.07, 6.45) is 3.92. The van der Waals surface area contributed by atoms with E-state index in [9.17, 15) is 9.59 Å². The van der Waals surface area contributed by atoms with Crippen molar-refractivity contribution in [2.45, 2.75) is 51.2 Å². The van der Waals surface area contributed by atoms with Crippen LogP contribution in [-0.2, 0) is 9.53 Å². The van der Waals surface area contributed by atoms with Crippen LogP contribution in [0.5, 0.6) is 0 Å². The minimum Gasteiger partial charge on any atom is -0.378 e. The second kappa shape index (κ2) is 8.25. The maximum atomic E-state index is 13.5. The van der Waals surface area contributed by atoms with E-state index < -0.39 is 5.54 Å². The van der Waals surface area contributed by atoms with E-state index in [-0.39, 0.29) is 11.9 Å². The number of halogens is 1. The van der Waals surface area contributed by atoms with Crippen molar-refractivity contribution in [3.63, 3.8) is 0 Å². The number of carbonyl (C=O) groups excluding carboxylic acids is 2. The molecule has 0 aliphatic carbocycles. The number of anilines is 1. The fourth-order valence-electron chi connectivity index (χ4n) is 5.18. The molecule has 1 aromatic carbocycles. The number of amides is 3. The van der Waals surface area contributed by atoms with Crippen LogP contribution in [0.2, 0.25) is 5.02 Å². The highest BCUT2D eigenvalue weighted by Crippen LogP contribution is 2.39. The minimum atomic E-state index is -0.717. The Labute approximate surface area is 177 Å². The highest BCUT2D eigenvalue weighted by atomic mass is 35.5. The van der Waals surface area contributed by atoms with Gasteiger partial charge in [-0.25, -0.2) is 9.69 Å². The molecule has 29 heavy (non-hydrogen) atoms. The molecule has 3 amide bonds. The summed E-state index contributed by atoms with van der Waals surface area (Å²) in [6.45, 7) is 8.21. The van der Waals surface area contributed by atoms with Crippen LogP contribution < -0.4 is 4.90 Å². The number of benzene rings is 1. The maximum absolute atomic E-state index is 13.5. The van der Waals surface area contributed by atoms with Gasteiger partial charge in [-0.15, -0.1) is 0 Å². The first-order valence-electron chi connectivity index (χ1n) is 10.7. The lowest BCUT2D eigenvalue weighted by Crippen LogP contribution is -2.57. The topological polar surface area (TPSA) is 53.1 Å². The van der Waals surface area contributed by atoms with Gasteiger partial charge in [-0.2, -0.15) is 0 Å². The summed E-state index contributed by atoms with van der Waals surface area (Å²) in [5.74, 6) is 0.563. The number of ether oxygens (including phenoxy) is 1. The van der Waals surface area contributed by atoms with Crippen LogP contribution in [0.1, 0.15) is 39.5 Å². The van der Waals surface area contributed by atoms with Gasteiger partial charge in [0.2, 0.25) is 0 Å². The SMILES string of the molecule is CCN1C(=O)N(c2ccc(Cl)cc2)C(=O)C12CCN(C[C@H]1CCO[C@@H](C)C1)CC2. The fraction of sp³-hybridized carbons (Fsp3) is 0.636. The quantitative estimate of drug-likeness (QED) is 0.697. The Morgan fingerprint density at radius 3 is 2.48 bits per heavy atom. The van der Waals surface area contributed by atoms with Gasteiger partial charge in [-0.3, -0.25) is 4.79 Å². The van der Waals surface area contributed by atoms with Crippen molar-refractivity contribution < 1.29 is 14.3 Å². The average Bonchev–Trinajstić information content (AvgIpc) is 2.91. The van der Waals surface area contributed by atoms with Gasteiger partial charge in [-0.05, 0) is 69.7 Å². The lowest BCUT2D eigenvalue weighted by molar-refractivity contribution is -0.127. The van der Waals surface area contributed by atoms with Gasteiger partial charge < -0.3 is 14.5 Å². The van der Waals surface area contributed by atoms with Crippen molar-refractivity contribution in [2.75, 3.05) is 37.7 Å². The Balaban J connectivity index is 1.47. The maximum Gasteiger partial charge on any atom is 0.332 e. The number of hydrogen-bond donors (Lipinski definition) is 0. The number of urea groups is 1. The molecule has 1 aromatic rings. The molecule has 3 aliphatic rings. The summed E-state index contributed by atoms with van der Waals surface area (Å²) < 4.78 is 5.67. The lowest BCUT2D eigenvalue weighted by atomic mass is 9.85. The Hall–Kier alpha value is -1.63. The number of rotatable bonds is 4. The number of piperidine rings is 1. The third-order valence-corrected chi connectivity index (χ3v) is 6.99. The van der Waals surface area contributed by atoms with Crippen molar-refractivity contribution >= 4 is 29.2 Å². The van der Waals surface area contributed by atoms with E-state index in [0.717, 1.165) is 39.1 Å². The first kappa shape index (κ1) is 20.6. The zero-order valence-corrected chi connectivity index (χ0v) is 18.0. The molecule has 3 aliphatic heterocycles. The van der Waals surface area contributed by atoms with Crippen LogP contribution >= 0.6 is 11.6 Å². The van der Waals surface area contributed by atoms with E-state index in [4.69, 9.17) is 16.3 Å². The van der Waals surface area contributed by atoms with Crippen LogP contribution in [0.25, 0.3) is 0 Å². The van der Waals surface area contributed by atoms with Gasteiger partial charge in [0.1, 0.15) is 5.54 Å². The molecule has 0 N–H and O–H groups in total. The Bertz CT molecular complexity index is 761. The van der Waals surface area contributed by atoms with Gasteiger partial charge in [-0.1, -0.05) is 11.6 Å². The molecule has 0 unspecified atom stereocenters. The van der Waals surface area contributed by atoms with Gasteiger partial charge >= 0.3 is 6.03 Å². The predicted molar refractivity (Wildman–Crippen MR) is 113 cm³/mol. The van der Waals surface area contributed by atoms with Crippen molar-refractivity contribution in [1.29, 1.82) is 0 Å². The van der Waals surface area contributed by atoms with Crippen LogP contribution in [0.15, 0.2) is 24.3 Å². The van der Waals surface area contributed by atoms with E-state index in [2.05, 4.69) is 11.8 Å². The number of likely N-dealkylation sites (N-methyl/N-ethyl adjacent to an activating group) is 1. The molecule has 0 radical (unpaired) electrons. The third kappa shape index (κ3) is 3.78. The molecule has 6 nitrogen and oxygen atoms in total. The van der Waals surface area contributed by atoms with Crippen molar-refractivity contribution in [3.05, 3.63) is 29.3 Å². The Kier molecular flexibility index (Phi) is 5.87. The number of nitrogens with zero attached hydrogens (tertiary/aromatic N) is 3. The van der Waals surface area contributed by atoms with E-state index in [1.54, 1.807) is 29.2 Å². The highest BCUT2D eigenvalue weighted by molar-refractivity contribution is 6.31. The largest absolute Gasteiger partial charge is 0.378 e. The van der Waals surface area contributed by atoms with Crippen molar-refractivity contribution in [2.24, 2.45) is 5.92 Å². The molecule has 3 heterocycles. The Morgan fingerprint density at radius 1 is 1.17 bits per heavy atom. The van der Waals surface area contributed by atoms with Crippen LogP contribution in [-0.4, -0.2) is 66.2 Å². The zero-order chi connectivity index (χ0) is 20.6. The summed E-state index contributed by atoms with van der Waals surface area (Å²) in [4.78, 5) is 32.2. The second-order valence-electron chi connectivity index (χ2n) is 8.55. The van der Waals surface area contributed by atoms with E-state index in [1.165, 1.54) is 4.90 Å². The fourth-order valence-corrected chi connectivity index (χ4v) is 5.31. The number of carbonyl (C=O) groups is 2. The molecule has 0 aromatic heterocycles. The van der Waals surface area contributed by atoms with Crippen LogP contribution in [0.4, 0.5) is 10.5 Å². The van der Waals surface area contributed by atoms with Gasteiger partial charge in [0.05, 0.1) is 11.8 Å².